The lowest BCUT2D eigenvalue weighted by Gasteiger charge is -2.18. The van der Waals surface area contributed by atoms with E-state index in [1.54, 1.807) is 48.8 Å². The van der Waals surface area contributed by atoms with Crippen LogP contribution in [-0.4, -0.2) is 29.4 Å². The van der Waals surface area contributed by atoms with E-state index in [1.165, 1.54) is 0 Å². The summed E-state index contributed by atoms with van der Waals surface area (Å²) in [7, 11) is -3.76. The molecule has 2 aromatic heterocycles. The fourth-order valence-corrected chi connectivity index (χ4v) is 4.18. The molecule has 0 saturated heterocycles. The molecule has 1 atom stereocenters. The van der Waals surface area contributed by atoms with Crippen molar-refractivity contribution in [2.75, 3.05) is 5.88 Å². The van der Waals surface area contributed by atoms with Gasteiger partial charge in [-0.3, -0.25) is 4.98 Å². The zero-order valence-corrected chi connectivity index (χ0v) is 17.1. The summed E-state index contributed by atoms with van der Waals surface area (Å²) in [6.45, 7) is 3.76. The highest BCUT2D eigenvalue weighted by Gasteiger charge is 2.28. The SMILES string of the molecule is CC(C)C(NS(=O)(=O)c1ccc(CCCl)cc1)c1nc(-c2cccnc2)no1. The van der Waals surface area contributed by atoms with Gasteiger partial charge in [0.1, 0.15) is 6.04 Å². The molecule has 1 aromatic carbocycles. The van der Waals surface area contributed by atoms with Crippen LogP contribution in [0.5, 0.6) is 0 Å². The van der Waals surface area contributed by atoms with Crippen molar-refractivity contribution in [1.82, 2.24) is 19.8 Å². The number of hydrogen-bond donors (Lipinski definition) is 1. The third-order valence-electron chi connectivity index (χ3n) is 4.19. The maximum Gasteiger partial charge on any atom is 0.245 e. The van der Waals surface area contributed by atoms with E-state index < -0.39 is 16.1 Å². The van der Waals surface area contributed by atoms with Gasteiger partial charge in [-0.2, -0.15) is 9.71 Å². The van der Waals surface area contributed by atoms with Crippen molar-refractivity contribution in [3.05, 3.63) is 60.2 Å². The molecule has 1 N–H and O–H groups in total. The normalized spacial score (nSPS) is 13.0. The lowest BCUT2D eigenvalue weighted by molar-refractivity contribution is 0.311. The minimum absolute atomic E-state index is 0.104. The molecule has 0 aliphatic rings. The first kappa shape index (κ1) is 20.4. The third-order valence-corrected chi connectivity index (χ3v) is 5.84. The Morgan fingerprint density at radius 2 is 1.93 bits per heavy atom. The number of alkyl halides is 1. The number of halogens is 1. The predicted molar refractivity (Wildman–Crippen MR) is 106 cm³/mol. The van der Waals surface area contributed by atoms with Crippen molar-refractivity contribution < 1.29 is 12.9 Å². The number of nitrogens with one attached hydrogen (secondary N) is 1. The maximum atomic E-state index is 12.8. The largest absolute Gasteiger partial charge is 0.337 e. The first-order valence-corrected chi connectivity index (χ1v) is 10.8. The highest BCUT2D eigenvalue weighted by molar-refractivity contribution is 7.89. The third kappa shape index (κ3) is 4.76. The van der Waals surface area contributed by atoms with Gasteiger partial charge in [-0.1, -0.05) is 31.1 Å². The second-order valence-corrected chi connectivity index (χ2v) is 8.72. The van der Waals surface area contributed by atoms with E-state index in [0.29, 0.717) is 23.7 Å². The molecule has 0 radical (unpaired) electrons. The van der Waals surface area contributed by atoms with E-state index in [1.807, 2.05) is 13.8 Å². The van der Waals surface area contributed by atoms with E-state index in [2.05, 4.69) is 19.8 Å². The van der Waals surface area contributed by atoms with E-state index in [-0.39, 0.29) is 16.7 Å². The van der Waals surface area contributed by atoms with Crippen molar-refractivity contribution in [1.29, 1.82) is 0 Å². The number of benzene rings is 1. The number of pyridine rings is 1. The summed E-state index contributed by atoms with van der Waals surface area (Å²) in [4.78, 5) is 8.56. The van der Waals surface area contributed by atoms with Gasteiger partial charge in [-0.15, -0.1) is 11.6 Å². The molecule has 0 saturated carbocycles. The number of aromatic nitrogens is 3. The highest BCUT2D eigenvalue weighted by Crippen LogP contribution is 2.25. The molecule has 0 bridgehead atoms. The second-order valence-electron chi connectivity index (χ2n) is 6.62. The summed E-state index contributed by atoms with van der Waals surface area (Å²) in [5.74, 6) is 0.943. The Morgan fingerprint density at radius 3 is 2.54 bits per heavy atom. The van der Waals surface area contributed by atoms with Crippen LogP contribution in [0.15, 0.2) is 58.2 Å². The number of aryl methyl sites for hydroxylation is 1. The first-order chi connectivity index (χ1) is 13.4. The van der Waals surface area contributed by atoms with Crippen molar-refractivity contribution >= 4 is 21.6 Å². The van der Waals surface area contributed by atoms with Gasteiger partial charge in [0.2, 0.25) is 21.7 Å². The molecule has 2 heterocycles. The number of nitrogens with zero attached hydrogens (tertiary/aromatic N) is 3. The molecule has 0 fully saturated rings. The number of rotatable bonds is 8. The van der Waals surface area contributed by atoms with Crippen LogP contribution in [0.3, 0.4) is 0 Å². The topological polar surface area (TPSA) is 98.0 Å². The Balaban J connectivity index is 1.84. The van der Waals surface area contributed by atoms with Crippen LogP contribution in [0.25, 0.3) is 11.4 Å². The minimum Gasteiger partial charge on any atom is -0.337 e. The van der Waals surface area contributed by atoms with Crippen LogP contribution in [0.4, 0.5) is 0 Å². The summed E-state index contributed by atoms with van der Waals surface area (Å²) < 4.78 is 33.7. The van der Waals surface area contributed by atoms with Crippen molar-refractivity contribution in [3.8, 4) is 11.4 Å². The molecule has 7 nitrogen and oxygen atoms in total. The average molecular weight is 421 g/mol. The lowest BCUT2D eigenvalue weighted by Crippen LogP contribution is -2.32. The van der Waals surface area contributed by atoms with Crippen LogP contribution >= 0.6 is 11.6 Å². The van der Waals surface area contributed by atoms with Gasteiger partial charge in [-0.05, 0) is 42.2 Å². The Bertz CT molecular complexity index is 1010. The maximum absolute atomic E-state index is 12.8. The average Bonchev–Trinajstić information content (AvgIpc) is 3.17. The van der Waals surface area contributed by atoms with Gasteiger partial charge in [-0.25, -0.2) is 8.42 Å². The molecule has 9 heteroatoms. The van der Waals surface area contributed by atoms with Crippen molar-refractivity contribution in [3.63, 3.8) is 0 Å². The molecular formula is C19H21ClN4O3S. The Hall–Kier alpha value is -2.29. The Labute approximate surface area is 169 Å². The first-order valence-electron chi connectivity index (χ1n) is 8.82. The van der Waals surface area contributed by atoms with Gasteiger partial charge >= 0.3 is 0 Å². The standard InChI is InChI=1S/C19H21ClN4O3S/c1-13(2)17(19-22-18(23-27-19)15-4-3-11-21-12-15)24-28(25,26)16-7-5-14(6-8-16)9-10-20/h3-8,11-13,17,24H,9-10H2,1-2H3. The molecule has 0 amide bonds. The van der Waals surface area contributed by atoms with E-state index in [9.17, 15) is 8.42 Å². The van der Waals surface area contributed by atoms with Crippen LogP contribution in [0, 0.1) is 5.92 Å². The lowest BCUT2D eigenvalue weighted by atomic mass is 10.1. The number of sulfonamides is 1. The van der Waals surface area contributed by atoms with Crippen LogP contribution in [-0.2, 0) is 16.4 Å². The fourth-order valence-electron chi connectivity index (χ4n) is 2.63. The van der Waals surface area contributed by atoms with Gasteiger partial charge < -0.3 is 4.52 Å². The molecule has 0 aliphatic heterocycles. The molecular weight excluding hydrogens is 400 g/mol. The Morgan fingerprint density at radius 1 is 1.18 bits per heavy atom. The summed E-state index contributed by atoms with van der Waals surface area (Å²) in [6.07, 6.45) is 3.95. The minimum atomic E-state index is -3.76. The quantitative estimate of drug-likeness (QED) is 0.559. The van der Waals surface area contributed by atoms with Crippen LogP contribution in [0.1, 0.15) is 31.3 Å². The molecule has 0 aliphatic carbocycles. The smallest absolute Gasteiger partial charge is 0.245 e. The van der Waals surface area contributed by atoms with Crippen molar-refractivity contribution in [2.45, 2.75) is 31.2 Å². The molecule has 3 aromatic rings. The zero-order chi connectivity index (χ0) is 20.1. The van der Waals surface area contributed by atoms with E-state index in [4.69, 9.17) is 16.1 Å². The predicted octanol–water partition coefficient (Wildman–Crippen LogP) is 3.59. The Kier molecular flexibility index (Phi) is 6.43. The second kappa shape index (κ2) is 8.81. The molecule has 3 rings (SSSR count). The van der Waals surface area contributed by atoms with Gasteiger partial charge in [0.05, 0.1) is 4.90 Å². The monoisotopic (exact) mass is 420 g/mol. The number of hydrogen-bond acceptors (Lipinski definition) is 6. The van der Waals surface area contributed by atoms with Gasteiger partial charge in [0, 0.05) is 23.8 Å². The van der Waals surface area contributed by atoms with Crippen LogP contribution < -0.4 is 4.72 Å². The zero-order valence-electron chi connectivity index (χ0n) is 15.5. The van der Waals surface area contributed by atoms with Gasteiger partial charge in [0.15, 0.2) is 0 Å². The molecule has 0 spiro atoms. The summed E-state index contributed by atoms with van der Waals surface area (Å²) in [5, 5.41) is 3.95. The van der Waals surface area contributed by atoms with Crippen LogP contribution in [0.2, 0.25) is 0 Å². The highest BCUT2D eigenvalue weighted by atomic mass is 35.5. The van der Waals surface area contributed by atoms with E-state index in [0.717, 1.165) is 5.56 Å². The molecule has 148 valence electrons. The summed E-state index contributed by atoms with van der Waals surface area (Å²) in [6, 6.07) is 9.56. The molecule has 28 heavy (non-hydrogen) atoms. The molecule has 1 unspecified atom stereocenters. The van der Waals surface area contributed by atoms with E-state index >= 15 is 0 Å². The van der Waals surface area contributed by atoms with Gasteiger partial charge in [0.25, 0.3) is 0 Å². The summed E-state index contributed by atoms with van der Waals surface area (Å²) in [5.41, 5.74) is 1.67. The van der Waals surface area contributed by atoms with Crippen molar-refractivity contribution in [2.24, 2.45) is 5.92 Å². The summed E-state index contributed by atoms with van der Waals surface area (Å²) >= 11 is 5.73. The fraction of sp³-hybridized carbons (Fsp3) is 0.316.